The van der Waals surface area contributed by atoms with E-state index in [2.05, 4.69) is 10.3 Å². The van der Waals surface area contributed by atoms with Gasteiger partial charge in [0.15, 0.2) is 0 Å². The van der Waals surface area contributed by atoms with Crippen molar-refractivity contribution in [1.82, 2.24) is 15.2 Å². The zero-order valence-electron chi connectivity index (χ0n) is 15.3. The zero-order chi connectivity index (χ0) is 21.0. The number of thiazole rings is 1. The monoisotopic (exact) mass is 425 g/mol. The summed E-state index contributed by atoms with van der Waals surface area (Å²) in [6.45, 7) is 0.610. The van der Waals surface area contributed by atoms with Crippen molar-refractivity contribution in [2.45, 2.75) is 31.9 Å². The van der Waals surface area contributed by atoms with E-state index in [0.717, 1.165) is 12.1 Å². The first-order chi connectivity index (χ1) is 13.7. The number of nitrogens with one attached hydrogen (secondary N) is 1. The van der Waals surface area contributed by atoms with Crippen molar-refractivity contribution in [2.24, 2.45) is 0 Å². The highest BCUT2D eigenvalue weighted by molar-refractivity contribution is 7.13. The van der Waals surface area contributed by atoms with E-state index >= 15 is 0 Å². The van der Waals surface area contributed by atoms with Crippen LogP contribution in [0, 0.1) is 0 Å². The Morgan fingerprint density at radius 1 is 1.14 bits per heavy atom. The van der Waals surface area contributed by atoms with Crippen LogP contribution in [0.3, 0.4) is 0 Å². The fourth-order valence-electron chi connectivity index (χ4n) is 2.89. The van der Waals surface area contributed by atoms with Crippen LogP contribution in [0.15, 0.2) is 29.6 Å². The second-order valence-corrected chi connectivity index (χ2v) is 7.40. The Hall–Kier alpha value is -2.75. The first-order valence-electron chi connectivity index (χ1n) is 8.96. The van der Waals surface area contributed by atoms with Crippen LogP contribution in [0.1, 0.15) is 30.5 Å². The minimum atomic E-state index is -4.39. The molecule has 0 radical (unpaired) electrons. The molecule has 1 aliphatic rings. The smallest absolute Gasteiger partial charge is 0.356 e. The first-order valence-corrected chi connectivity index (χ1v) is 9.84. The van der Waals surface area contributed by atoms with Crippen LogP contribution in [0.5, 0.6) is 0 Å². The van der Waals surface area contributed by atoms with Gasteiger partial charge >= 0.3 is 6.18 Å². The molecule has 0 unspecified atom stereocenters. The molecule has 1 aromatic heterocycles. The third-order valence-corrected chi connectivity index (χ3v) is 5.33. The quantitative estimate of drug-likeness (QED) is 0.546. The topological polar surface area (TPSA) is 79.4 Å². The van der Waals surface area contributed by atoms with Crippen LogP contribution in [0.25, 0.3) is 10.6 Å². The third-order valence-electron chi connectivity index (χ3n) is 4.39. The zero-order valence-corrected chi connectivity index (χ0v) is 16.1. The molecule has 3 rings (SSSR count). The van der Waals surface area contributed by atoms with Crippen molar-refractivity contribution in [3.8, 4) is 10.6 Å². The van der Waals surface area contributed by atoms with Gasteiger partial charge in [0.25, 0.3) is 0 Å². The summed E-state index contributed by atoms with van der Waals surface area (Å²) in [4.78, 5) is 40.5. The number of hydrogen-bond donors (Lipinski definition) is 1. The first kappa shape index (κ1) is 21.0. The lowest BCUT2D eigenvalue weighted by molar-refractivity contribution is -0.139. The van der Waals surface area contributed by atoms with Gasteiger partial charge in [-0.15, -0.1) is 11.3 Å². The van der Waals surface area contributed by atoms with Crippen LogP contribution in [0.4, 0.5) is 13.2 Å². The molecule has 2 aromatic rings. The Labute approximate surface area is 168 Å². The summed E-state index contributed by atoms with van der Waals surface area (Å²) in [5.41, 5.74) is 0.344. The summed E-state index contributed by atoms with van der Waals surface area (Å²) in [6, 6.07) is 4.71. The van der Waals surface area contributed by atoms with E-state index in [1.807, 2.05) is 0 Å². The molecule has 0 bridgehead atoms. The maximum absolute atomic E-state index is 12.6. The predicted molar refractivity (Wildman–Crippen MR) is 99.8 cm³/mol. The Morgan fingerprint density at radius 2 is 1.79 bits per heavy atom. The van der Waals surface area contributed by atoms with Gasteiger partial charge in [0.2, 0.25) is 17.7 Å². The SMILES string of the molecule is O=C(Cc1csc(-c2ccc(C(F)(F)F)cc2)n1)NCCCN1C(=O)CCC1=O. The minimum Gasteiger partial charge on any atom is -0.356 e. The largest absolute Gasteiger partial charge is 0.416 e. The van der Waals surface area contributed by atoms with E-state index in [4.69, 9.17) is 0 Å². The van der Waals surface area contributed by atoms with E-state index in [0.29, 0.717) is 29.2 Å². The summed E-state index contributed by atoms with van der Waals surface area (Å²) < 4.78 is 37.9. The molecule has 0 aliphatic carbocycles. The van der Waals surface area contributed by atoms with Gasteiger partial charge in [0.05, 0.1) is 17.7 Å². The molecular formula is C19H18F3N3O3S. The standard InChI is InChI=1S/C19H18F3N3O3S/c20-19(21,22)13-4-2-12(3-5-13)18-24-14(11-29-18)10-15(26)23-8-1-9-25-16(27)6-7-17(25)28/h2-5,11H,1,6-10H2,(H,23,26). The maximum atomic E-state index is 12.6. The number of halogens is 3. The summed E-state index contributed by atoms with van der Waals surface area (Å²) in [5.74, 6) is -0.618. The number of alkyl halides is 3. The molecule has 154 valence electrons. The summed E-state index contributed by atoms with van der Waals surface area (Å²) in [6.07, 6.45) is -3.39. The highest BCUT2D eigenvalue weighted by Crippen LogP contribution is 2.31. The number of benzene rings is 1. The number of carbonyl (C=O) groups excluding carboxylic acids is 3. The van der Waals surface area contributed by atoms with Gasteiger partial charge in [-0.25, -0.2) is 4.98 Å². The summed E-state index contributed by atoms with van der Waals surface area (Å²) in [7, 11) is 0. The fraction of sp³-hybridized carbons (Fsp3) is 0.368. The van der Waals surface area contributed by atoms with Crippen molar-refractivity contribution in [3.63, 3.8) is 0 Å². The predicted octanol–water partition coefficient (Wildman–Crippen LogP) is 3.03. The Kier molecular flexibility index (Phi) is 6.31. The number of aromatic nitrogens is 1. The molecule has 10 heteroatoms. The molecule has 0 atom stereocenters. The molecule has 1 N–H and O–H groups in total. The highest BCUT2D eigenvalue weighted by Gasteiger charge is 2.30. The number of hydrogen-bond acceptors (Lipinski definition) is 5. The number of rotatable bonds is 7. The summed E-state index contributed by atoms with van der Waals surface area (Å²) in [5, 5.41) is 4.93. The average molecular weight is 425 g/mol. The number of amides is 3. The number of likely N-dealkylation sites (tertiary alicyclic amines) is 1. The van der Waals surface area contributed by atoms with Crippen molar-refractivity contribution in [2.75, 3.05) is 13.1 Å². The van der Waals surface area contributed by atoms with Crippen LogP contribution in [0.2, 0.25) is 0 Å². The van der Waals surface area contributed by atoms with Crippen LogP contribution < -0.4 is 5.32 Å². The number of carbonyl (C=O) groups is 3. The van der Waals surface area contributed by atoms with E-state index in [-0.39, 0.29) is 43.5 Å². The third kappa shape index (κ3) is 5.41. The van der Waals surface area contributed by atoms with Gasteiger partial charge in [-0.05, 0) is 18.6 Å². The van der Waals surface area contributed by atoms with Crippen molar-refractivity contribution in [1.29, 1.82) is 0 Å². The van der Waals surface area contributed by atoms with E-state index in [1.54, 1.807) is 5.38 Å². The molecule has 1 saturated heterocycles. The van der Waals surface area contributed by atoms with Crippen LogP contribution in [-0.2, 0) is 27.0 Å². The molecule has 1 aliphatic heterocycles. The summed E-state index contributed by atoms with van der Waals surface area (Å²) >= 11 is 1.25. The van der Waals surface area contributed by atoms with Gasteiger partial charge in [-0.1, -0.05) is 12.1 Å². The van der Waals surface area contributed by atoms with Gasteiger partial charge in [0, 0.05) is 36.9 Å². The number of imide groups is 1. The van der Waals surface area contributed by atoms with Crippen molar-refractivity contribution in [3.05, 3.63) is 40.9 Å². The maximum Gasteiger partial charge on any atom is 0.416 e. The van der Waals surface area contributed by atoms with Crippen molar-refractivity contribution >= 4 is 29.1 Å². The lowest BCUT2D eigenvalue weighted by Crippen LogP contribution is -2.33. The van der Waals surface area contributed by atoms with E-state index < -0.39 is 11.7 Å². The minimum absolute atomic E-state index is 0.0404. The Balaban J connectivity index is 1.46. The molecule has 2 heterocycles. The molecule has 6 nitrogen and oxygen atoms in total. The average Bonchev–Trinajstić information content (AvgIpc) is 3.25. The van der Waals surface area contributed by atoms with Gasteiger partial charge in [-0.3, -0.25) is 19.3 Å². The lowest BCUT2D eigenvalue weighted by Gasteiger charge is -2.13. The van der Waals surface area contributed by atoms with Gasteiger partial charge < -0.3 is 5.32 Å². The highest BCUT2D eigenvalue weighted by atomic mass is 32.1. The Bertz CT molecular complexity index is 893. The van der Waals surface area contributed by atoms with Crippen LogP contribution in [-0.4, -0.2) is 40.7 Å². The molecule has 29 heavy (non-hydrogen) atoms. The second kappa shape index (κ2) is 8.73. The normalized spacial score (nSPS) is 14.5. The Morgan fingerprint density at radius 3 is 2.41 bits per heavy atom. The fourth-order valence-corrected chi connectivity index (χ4v) is 3.71. The molecule has 0 spiro atoms. The van der Waals surface area contributed by atoms with Gasteiger partial charge in [-0.2, -0.15) is 13.2 Å². The molecule has 1 aromatic carbocycles. The van der Waals surface area contributed by atoms with Crippen LogP contribution >= 0.6 is 11.3 Å². The van der Waals surface area contributed by atoms with E-state index in [1.165, 1.54) is 28.4 Å². The molecular weight excluding hydrogens is 407 g/mol. The molecule has 3 amide bonds. The van der Waals surface area contributed by atoms with E-state index in [9.17, 15) is 27.6 Å². The lowest BCUT2D eigenvalue weighted by atomic mass is 10.1. The molecule has 1 fully saturated rings. The molecule has 0 saturated carbocycles. The van der Waals surface area contributed by atoms with Crippen molar-refractivity contribution < 1.29 is 27.6 Å². The van der Waals surface area contributed by atoms with Gasteiger partial charge in [0.1, 0.15) is 5.01 Å². The number of nitrogens with zero attached hydrogens (tertiary/aromatic N) is 2. The second-order valence-electron chi connectivity index (χ2n) is 6.54.